The van der Waals surface area contributed by atoms with E-state index in [9.17, 15) is 14.4 Å². The van der Waals surface area contributed by atoms with E-state index in [4.69, 9.17) is 27.6 Å². The molecule has 1 N–H and O–H groups in total. The molecule has 30 heavy (non-hydrogen) atoms. The molecule has 2 aromatic carbocycles. The second kappa shape index (κ2) is 8.10. The van der Waals surface area contributed by atoms with Gasteiger partial charge in [0.15, 0.2) is 0 Å². The summed E-state index contributed by atoms with van der Waals surface area (Å²) in [4.78, 5) is 38.3. The molecule has 0 unspecified atom stereocenters. The minimum absolute atomic E-state index is 0.229. The number of nitrogens with zero attached hydrogens (tertiary/aromatic N) is 1. The summed E-state index contributed by atoms with van der Waals surface area (Å²) in [5.74, 6) is -0.811. The van der Waals surface area contributed by atoms with Crippen molar-refractivity contribution in [2.75, 3.05) is 4.90 Å². The topological polar surface area (TPSA) is 79.6 Å². The summed E-state index contributed by atoms with van der Waals surface area (Å²) in [6.07, 6.45) is 1.29. The Morgan fingerprint density at radius 1 is 0.933 bits per heavy atom. The molecule has 1 aliphatic heterocycles. The summed E-state index contributed by atoms with van der Waals surface area (Å²) in [6.45, 7) is 0. The van der Waals surface area contributed by atoms with Gasteiger partial charge in [0.25, 0.3) is 11.8 Å². The third-order valence-corrected chi connectivity index (χ3v) is 5.57. The molecule has 1 aliphatic rings. The molecule has 1 saturated heterocycles. The number of halogens is 3. The van der Waals surface area contributed by atoms with Gasteiger partial charge in [0, 0.05) is 10.0 Å². The van der Waals surface area contributed by atoms with Gasteiger partial charge in [-0.1, -0.05) is 39.1 Å². The molecule has 0 radical (unpaired) electrons. The standard InChI is InChI=1S/C21H11BrCl2N2O4/c22-12-2-4-13(5-3-12)26-20(28)15(19(27)25-21(26)29)10-14-6-8-18(30-14)11-1-7-16(23)17(24)9-11/h1-10H,(H,25,27,29)/b15-10-. The van der Waals surface area contributed by atoms with Crippen LogP contribution in [0.25, 0.3) is 17.4 Å². The molecule has 0 saturated carbocycles. The van der Waals surface area contributed by atoms with Crippen molar-refractivity contribution in [3.05, 3.63) is 80.4 Å². The van der Waals surface area contributed by atoms with E-state index in [-0.39, 0.29) is 11.3 Å². The number of barbiturate groups is 1. The molecule has 0 bridgehead atoms. The zero-order valence-corrected chi connectivity index (χ0v) is 18.1. The van der Waals surface area contributed by atoms with Crippen LogP contribution in [0.4, 0.5) is 10.5 Å². The van der Waals surface area contributed by atoms with E-state index < -0.39 is 17.8 Å². The quantitative estimate of drug-likeness (QED) is 0.366. The lowest BCUT2D eigenvalue weighted by atomic mass is 10.1. The van der Waals surface area contributed by atoms with Crippen molar-refractivity contribution < 1.29 is 18.8 Å². The molecule has 0 aliphatic carbocycles. The van der Waals surface area contributed by atoms with Crippen LogP contribution < -0.4 is 10.2 Å². The lowest BCUT2D eigenvalue weighted by molar-refractivity contribution is -0.122. The lowest BCUT2D eigenvalue weighted by Crippen LogP contribution is -2.54. The molecule has 6 nitrogen and oxygen atoms in total. The molecule has 3 aromatic rings. The van der Waals surface area contributed by atoms with Crippen molar-refractivity contribution in [2.24, 2.45) is 0 Å². The Kier molecular flexibility index (Phi) is 5.51. The SMILES string of the molecule is O=C1NC(=O)N(c2ccc(Br)cc2)C(=O)/C1=C\c1ccc(-c2ccc(Cl)c(Cl)c2)o1. The van der Waals surface area contributed by atoms with E-state index in [0.29, 0.717) is 27.1 Å². The van der Waals surface area contributed by atoms with Crippen molar-refractivity contribution in [3.8, 4) is 11.3 Å². The Morgan fingerprint density at radius 3 is 2.37 bits per heavy atom. The minimum atomic E-state index is -0.819. The monoisotopic (exact) mass is 504 g/mol. The fraction of sp³-hybridized carbons (Fsp3) is 0. The molecule has 2 heterocycles. The van der Waals surface area contributed by atoms with Crippen molar-refractivity contribution in [1.82, 2.24) is 5.32 Å². The number of hydrogen-bond acceptors (Lipinski definition) is 4. The van der Waals surface area contributed by atoms with Crippen LogP contribution >= 0.6 is 39.1 Å². The number of furan rings is 1. The van der Waals surface area contributed by atoms with Crippen molar-refractivity contribution in [2.45, 2.75) is 0 Å². The zero-order chi connectivity index (χ0) is 21.4. The second-order valence-electron chi connectivity index (χ2n) is 6.27. The first kappa shape index (κ1) is 20.4. The predicted octanol–water partition coefficient (Wildman–Crippen LogP) is 5.68. The summed E-state index contributed by atoms with van der Waals surface area (Å²) in [5, 5.41) is 2.95. The first-order valence-corrected chi connectivity index (χ1v) is 10.1. The highest BCUT2D eigenvalue weighted by Gasteiger charge is 2.37. The number of anilines is 1. The van der Waals surface area contributed by atoms with Crippen LogP contribution in [-0.2, 0) is 9.59 Å². The van der Waals surface area contributed by atoms with Crippen LogP contribution in [0.15, 0.2) is 69.1 Å². The number of nitrogens with one attached hydrogen (secondary N) is 1. The van der Waals surface area contributed by atoms with Crippen LogP contribution in [-0.4, -0.2) is 17.8 Å². The van der Waals surface area contributed by atoms with Gasteiger partial charge in [-0.2, -0.15) is 0 Å². The fourth-order valence-electron chi connectivity index (χ4n) is 2.86. The molecule has 1 fully saturated rings. The molecule has 0 spiro atoms. The fourth-order valence-corrected chi connectivity index (χ4v) is 3.42. The summed E-state index contributed by atoms with van der Waals surface area (Å²) in [7, 11) is 0. The van der Waals surface area contributed by atoms with Gasteiger partial charge >= 0.3 is 6.03 Å². The number of carbonyl (C=O) groups is 3. The Hall–Kier alpha value is -2.87. The van der Waals surface area contributed by atoms with E-state index in [1.807, 2.05) is 0 Å². The highest BCUT2D eigenvalue weighted by atomic mass is 79.9. The average molecular weight is 506 g/mol. The summed E-state index contributed by atoms with van der Waals surface area (Å²) < 4.78 is 6.51. The Labute approximate surface area is 189 Å². The van der Waals surface area contributed by atoms with E-state index in [1.165, 1.54) is 6.08 Å². The number of benzene rings is 2. The zero-order valence-electron chi connectivity index (χ0n) is 15.0. The number of imide groups is 2. The Morgan fingerprint density at radius 2 is 1.67 bits per heavy atom. The maximum atomic E-state index is 12.9. The first-order valence-electron chi connectivity index (χ1n) is 8.56. The third kappa shape index (κ3) is 3.92. The van der Waals surface area contributed by atoms with Crippen LogP contribution in [0.1, 0.15) is 5.76 Å². The predicted molar refractivity (Wildman–Crippen MR) is 117 cm³/mol. The molecule has 4 amide bonds. The van der Waals surface area contributed by atoms with Crippen molar-refractivity contribution in [1.29, 1.82) is 0 Å². The second-order valence-corrected chi connectivity index (χ2v) is 8.00. The molecule has 0 atom stereocenters. The van der Waals surface area contributed by atoms with Crippen LogP contribution in [0.3, 0.4) is 0 Å². The van der Waals surface area contributed by atoms with Gasteiger partial charge in [-0.25, -0.2) is 9.69 Å². The van der Waals surface area contributed by atoms with Crippen LogP contribution in [0.2, 0.25) is 10.0 Å². The first-order chi connectivity index (χ1) is 14.3. The van der Waals surface area contributed by atoms with E-state index in [2.05, 4.69) is 21.2 Å². The summed E-state index contributed by atoms with van der Waals surface area (Å²) in [6, 6.07) is 14.0. The third-order valence-electron chi connectivity index (χ3n) is 4.30. The summed E-state index contributed by atoms with van der Waals surface area (Å²) >= 11 is 15.3. The maximum Gasteiger partial charge on any atom is 0.335 e. The van der Waals surface area contributed by atoms with E-state index in [1.54, 1.807) is 54.6 Å². The smallest absolute Gasteiger partial charge is 0.335 e. The van der Waals surface area contributed by atoms with E-state index in [0.717, 1.165) is 9.37 Å². The molecule has 1 aromatic heterocycles. The van der Waals surface area contributed by atoms with Gasteiger partial charge in [0.1, 0.15) is 17.1 Å². The average Bonchev–Trinajstić information content (AvgIpc) is 3.17. The Bertz CT molecular complexity index is 1220. The van der Waals surface area contributed by atoms with Crippen molar-refractivity contribution in [3.63, 3.8) is 0 Å². The number of hydrogen-bond donors (Lipinski definition) is 1. The molecule has 150 valence electrons. The largest absolute Gasteiger partial charge is 0.457 e. The van der Waals surface area contributed by atoms with Crippen molar-refractivity contribution >= 4 is 68.7 Å². The minimum Gasteiger partial charge on any atom is -0.457 e. The molecule has 4 rings (SSSR count). The Balaban J connectivity index is 1.67. The highest BCUT2D eigenvalue weighted by molar-refractivity contribution is 9.10. The lowest BCUT2D eigenvalue weighted by Gasteiger charge is -2.26. The van der Waals surface area contributed by atoms with Gasteiger partial charge in [-0.15, -0.1) is 0 Å². The number of carbonyl (C=O) groups excluding carboxylic acids is 3. The van der Waals surface area contributed by atoms with Crippen LogP contribution in [0.5, 0.6) is 0 Å². The molecule has 9 heteroatoms. The van der Waals surface area contributed by atoms with Crippen LogP contribution in [0, 0.1) is 0 Å². The highest BCUT2D eigenvalue weighted by Crippen LogP contribution is 2.30. The van der Waals surface area contributed by atoms with Gasteiger partial charge in [-0.3, -0.25) is 14.9 Å². The summed E-state index contributed by atoms with van der Waals surface area (Å²) in [5.41, 5.74) is 0.780. The van der Waals surface area contributed by atoms with Gasteiger partial charge in [-0.05, 0) is 60.7 Å². The normalized spacial score (nSPS) is 15.6. The van der Waals surface area contributed by atoms with Gasteiger partial charge in [0.2, 0.25) is 0 Å². The number of rotatable bonds is 3. The maximum absolute atomic E-state index is 12.9. The number of amides is 4. The molecular formula is C21H11BrCl2N2O4. The number of urea groups is 1. The van der Waals surface area contributed by atoms with E-state index >= 15 is 0 Å². The molecular weight excluding hydrogens is 495 g/mol. The van der Waals surface area contributed by atoms with Gasteiger partial charge in [0.05, 0.1) is 15.7 Å². The van der Waals surface area contributed by atoms with Gasteiger partial charge < -0.3 is 4.42 Å².